The molecule has 0 spiro atoms. The quantitative estimate of drug-likeness (QED) is 0.366. The Labute approximate surface area is 223 Å². The number of nitrogens with one attached hydrogen (secondary N) is 3. The fourth-order valence-corrected chi connectivity index (χ4v) is 4.45. The van der Waals surface area contributed by atoms with Gasteiger partial charge in [0.2, 0.25) is 5.95 Å². The molecule has 2 aliphatic heterocycles. The maximum Gasteiger partial charge on any atom is 0.389 e. The van der Waals surface area contributed by atoms with Crippen molar-refractivity contribution in [3.63, 3.8) is 0 Å². The first-order valence-corrected chi connectivity index (χ1v) is 12.8. The summed E-state index contributed by atoms with van der Waals surface area (Å²) in [6.07, 6.45) is -0.0566. The molecule has 206 valence electrons. The molecule has 1 aromatic carbocycles. The normalized spacial score (nSPS) is 16.5. The standard InChI is InChI=1S/C27H30F3N7O2/c1-36-10-12-37(13-11-36)25(38)24-16-18-15-19(3-4-21(18)34-24)33-26-32-9-6-22(35-26)23-17-20(5-8-31-23)39-14-2-7-27(28,29)30/h3-6,9,15-17,31,34H,2,7-8,10-14H2,1H3,(H,32,33,35). The van der Waals surface area contributed by atoms with Crippen LogP contribution in [0.2, 0.25) is 0 Å². The second-order valence-electron chi connectivity index (χ2n) is 9.58. The molecule has 0 radical (unpaired) electrons. The minimum absolute atomic E-state index is 0.00384. The Kier molecular flexibility index (Phi) is 7.73. The number of amides is 1. The van der Waals surface area contributed by atoms with E-state index in [1.165, 1.54) is 0 Å². The number of benzene rings is 1. The zero-order valence-electron chi connectivity index (χ0n) is 21.5. The third kappa shape index (κ3) is 6.88. The Bertz CT molecular complexity index is 1390. The topological polar surface area (TPSA) is 98.4 Å². The molecular formula is C27H30F3N7O2. The number of halogens is 3. The van der Waals surface area contributed by atoms with E-state index in [1.54, 1.807) is 24.4 Å². The third-order valence-electron chi connectivity index (χ3n) is 6.58. The van der Waals surface area contributed by atoms with Gasteiger partial charge in [-0.2, -0.15) is 13.2 Å². The summed E-state index contributed by atoms with van der Waals surface area (Å²) in [5, 5.41) is 7.30. The molecular weight excluding hydrogens is 511 g/mol. The summed E-state index contributed by atoms with van der Waals surface area (Å²) in [7, 11) is 2.05. The van der Waals surface area contributed by atoms with Gasteiger partial charge in [-0.3, -0.25) is 4.79 Å². The van der Waals surface area contributed by atoms with Crippen LogP contribution in [0.15, 0.2) is 54.4 Å². The molecule has 5 rings (SSSR count). The number of dihydropyridines is 1. The number of likely N-dealkylation sites (N-methyl/N-ethyl adjacent to an activating group) is 1. The number of piperazine rings is 1. The van der Waals surface area contributed by atoms with Gasteiger partial charge in [-0.15, -0.1) is 0 Å². The van der Waals surface area contributed by atoms with Crippen molar-refractivity contribution in [1.29, 1.82) is 0 Å². The van der Waals surface area contributed by atoms with E-state index in [9.17, 15) is 18.0 Å². The fourth-order valence-electron chi connectivity index (χ4n) is 4.45. The molecule has 0 aliphatic carbocycles. The Morgan fingerprint density at radius 3 is 2.77 bits per heavy atom. The number of aromatic nitrogens is 3. The lowest BCUT2D eigenvalue weighted by Gasteiger charge is -2.32. The highest BCUT2D eigenvalue weighted by molar-refractivity contribution is 5.98. The molecule has 1 saturated heterocycles. The number of hydrogen-bond acceptors (Lipinski definition) is 7. The summed E-state index contributed by atoms with van der Waals surface area (Å²) in [6, 6.07) is 9.31. The molecule has 9 nitrogen and oxygen atoms in total. The highest BCUT2D eigenvalue weighted by Crippen LogP contribution is 2.25. The number of hydrogen-bond donors (Lipinski definition) is 3. The van der Waals surface area contributed by atoms with E-state index >= 15 is 0 Å². The van der Waals surface area contributed by atoms with Crippen LogP contribution in [0.3, 0.4) is 0 Å². The van der Waals surface area contributed by atoms with Gasteiger partial charge >= 0.3 is 6.18 Å². The minimum atomic E-state index is -4.19. The number of nitrogens with zero attached hydrogens (tertiary/aromatic N) is 4. The number of ether oxygens (including phenoxy) is 1. The van der Waals surface area contributed by atoms with E-state index in [0.717, 1.165) is 29.7 Å². The maximum absolute atomic E-state index is 12.9. The zero-order chi connectivity index (χ0) is 27.4. The Morgan fingerprint density at radius 1 is 1.15 bits per heavy atom. The van der Waals surface area contributed by atoms with Crippen LogP contribution < -0.4 is 10.6 Å². The van der Waals surface area contributed by atoms with Gasteiger partial charge in [0.25, 0.3) is 5.91 Å². The second-order valence-corrected chi connectivity index (χ2v) is 9.58. The number of alkyl halides is 3. The van der Waals surface area contributed by atoms with Crippen molar-refractivity contribution in [3.8, 4) is 0 Å². The summed E-state index contributed by atoms with van der Waals surface area (Å²) in [4.78, 5) is 29.1. The van der Waals surface area contributed by atoms with Crippen LogP contribution in [0.1, 0.15) is 29.0 Å². The van der Waals surface area contributed by atoms with Gasteiger partial charge in [0.1, 0.15) is 11.5 Å². The van der Waals surface area contributed by atoms with Crippen molar-refractivity contribution in [2.24, 2.45) is 0 Å². The maximum atomic E-state index is 12.9. The average Bonchev–Trinajstić information content (AvgIpc) is 3.35. The van der Waals surface area contributed by atoms with E-state index in [0.29, 0.717) is 48.4 Å². The third-order valence-corrected chi connectivity index (χ3v) is 6.58. The van der Waals surface area contributed by atoms with Crippen molar-refractivity contribution in [1.82, 2.24) is 30.1 Å². The summed E-state index contributed by atoms with van der Waals surface area (Å²) in [5.41, 5.74) is 3.47. The highest BCUT2D eigenvalue weighted by Gasteiger charge is 2.26. The predicted octanol–water partition coefficient (Wildman–Crippen LogP) is 4.28. The van der Waals surface area contributed by atoms with E-state index in [2.05, 4.69) is 37.5 Å². The van der Waals surface area contributed by atoms with Gasteiger partial charge in [0.05, 0.1) is 18.0 Å². The van der Waals surface area contributed by atoms with Crippen molar-refractivity contribution < 1.29 is 22.7 Å². The monoisotopic (exact) mass is 541 g/mol. The van der Waals surface area contributed by atoms with E-state index in [4.69, 9.17) is 4.74 Å². The van der Waals surface area contributed by atoms with E-state index < -0.39 is 12.6 Å². The zero-order valence-corrected chi connectivity index (χ0v) is 21.5. The number of anilines is 2. The molecule has 4 heterocycles. The van der Waals surface area contributed by atoms with Crippen molar-refractivity contribution >= 4 is 34.1 Å². The number of H-pyrrole nitrogens is 1. The van der Waals surface area contributed by atoms with Crippen LogP contribution in [0.25, 0.3) is 16.6 Å². The van der Waals surface area contributed by atoms with Crippen LogP contribution in [0.5, 0.6) is 0 Å². The van der Waals surface area contributed by atoms with Gasteiger partial charge in [-0.1, -0.05) is 0 Å². The first-order valence-electron chi connectivity index (χ1n) is 12.8. The smallest absolute Gasteiger partial charge is 0.389 e. The van der Waals surface area contributed by atoms with Crippen molar-refractivity contribution in [3.05, 3.63) is 65.8 Å². The minimum Gasteiger partial charge on any atom is -0.494 e. The molecule has 39 heavy (non-hydrogen) atoms. The lowest BCUT2D eigenvalue weighted by Crippen LogP contribution is -2.47. The van der Waals surface area contributed by atoms with Gasteiger partial charge in [-0.25, -0.2) is 9.97 Å². The molecule has 1 amide bonds. The van der Waals surface area contributed by atoms with Crippen LogP contribution >= 0.6 is 0 Å². The van der Waals surface area contributed by atoms with Crippen molar-refractivity contribution in [2.75, 3.05) is 51.7 Å². The predicted molar refractivity (Wildman–Crippen MR) is 142 cm³/mol. The Morgan fingerprint density at radius 2 is 1.97 bits per heavy atom. The molecule has 12 heteroatoms. The summed E-state index contributed by atoms with van der Waals surface area (Å²) in [5.74, 6) is 0.871. The van der Waals surface area contributed by atoms with Crippen LogP contribution in [0.4, 0.5) is 24.8 Å². The summed E-state index contributed by atoms with van der Waals surface area (Å²) >= 11 is 0. The molecule has 3 N–H and O–H groups in total. The van der Waals surface area contributed by atoms with E-state index in [1.807, 2.05) is 29.2 Å². The molecule has 2 aliphatic rings. The lowest BCUT2D eigenvalue weighted by molar-refractivity contribution is -0.137. The molecule has 0 bridgehead atoms. The number of aromatic amines is 1. The van der Waals surface area contributed by atoms with E-state index in [-0.39, 0.29) is 18.9 Å². The molecule has 0 saturated carbocycles. The number of carbonyl (C=O) groups excluding carboxylic acids is 1. The Hall–Kier alpha value is -4.06. The summed E-state index contributed by atoms with van der Waals surface area (Å²) in [6.45, 7) is 3.58. The fraction of sp³-hybridized carbons (Fsp3) is 0.370. The lowest BCUT2D eigenvalue weighted by atomic mass is 10.2. The summed E-state index contributed by atoms with van der Waals surface area (Å²) < 4.78 is 42.6. The SMILES string of the molecule is CN1CCN(C(=O)c2cc3cc(Nc4nccc(C5=CC(OCCCC(F)(F)F)=CCN5)n4)ccc3[nH]2)CC1. The average molecular weight is 542 g/mol. The van der Waals surface area contributed by atoms with Crippen LogP contribution in [0, 0.1) is 0 Å². The first-order chi connectivity index (χ1) is 18.7. The largest absolute Gasteiger partial charge is 0.494 e. The molecule has 0 atom stereocenters. The highest BCUT2D eigenvalue weighted by atomic mass is 19.4. The van der Waals surface area contributed by atoms with Crippen molar-refractivity contribution in [2.45, 2.75) is 19.0 Å². The number of carbonyl (C=O) groups is 1. The first kappa shape index (κ1) is 26.5. The van der Waals surface area contributed by atoms with Crippen LogP contribution in [-0.4, -0.2) is 83.2 Å². The molecule has 0 unspecified atom stereocenters. The number of rotatable bonds is 8. The van der Waals surface area contributed by atoms with Crippen LogP contribution in [-0.2, 0) is 4.74 Å². The number of fused-ring (bicyclic) bond motifs is 1. The van der Waals surface area contributed by atoms with Gasteiger partial charge < -0.3 is 30.2 Å². The molecule has 1 fully saturated rings. The van der Waals surface area contributed by atoms with Gasteiger partial charge in [0.15, 0.2) is 0 Å². The Balaban J connectivity index is 1.24. The molecule has 3 aromatic rings. The van der Waals surface area contributed by atoms with Gasteiger partial charge in [0, 0.05) is 68.0 Å². The van der Waals surface area contributed by atoms with Gasteiger partial charge in [-0.05, 0) is 49.9 Å². The number of allylic oxidation sites excluding steroid dienone is 1. The second kappa shape index (κ2) is 11.4. The molecule has 2 aromatic heterocycles.